The van der Waals surface area contributed by atoms with Crippen LogP contribution < -0.4 is 0 Å². The zero-order chi connectivity index (χ0) is 11.0. The van der Waals surface area contributed by atoms with Crippen LogP contribution in [0.5, 0.6) is 0 Å². The predicted molar refractivity (Wildman–Crippen MR) is 51.5 cm³/mol. The van der Waals surface area contributed by atoms with E-state index in [1.807, 2.05) is 25.7 Å². The van der Waals surface area contributed by atoms with Gasteiger partial charge in [0.25, 0.3) is 5.92 Å². The van der Waals surface area contributed by atoms with Crippen molar-refractivity contribution in [1.82, 2.24) is 4.90 Å². The van der Waals surface area contributed by atoms with Gasteiger partial charge in [-0.15, -0.1) is 0 Å². The molecule has 14 heavy (non-hydrogen) atoms. The van der Waals surface area contributed by atoms with Crippen LogP contribution in [-0.2, 0) is 0 Å². The van der Waals surface area contributed by atoms with E-state index in [-0.39, 0.29) is 18.4 Å². The highest BCUT2D eigenvalue weighted by Gasteiger charge is 2.41. The van der Waals surface area contributed by atoms with Gasteiger partial charge in [0, 0.05) is 25.0 Å². The van der Waals surface area contributed by atoms with Crippen molar-refractivity contribution in [3.63, 3.8) is 0 Å². The fraction of sp³-hybridized carbons (Fsp3) is 1.00. The minimum Gasteiger partial charge on any atom is -0.387 e. The standard InChI is InChI=1S/C10H19F2NO/c1-9(2,3)13-6-4-8(14)10(11,12)5-7-13/h8,14H,4-7H2,1-3H3/t8-/m1/s1. The molecule has 1 aliphatic rings. The summed E-state index contributed by atoms with van der Waals surface area (Å²) in [7, 11) is 0. The first-order valence-electron chi connectivity index (χ1n) is 5.04. The molecule has 1 N–H and O–H groups in total. The van der Waals surface area contributed by atoms with E-state index in [2.05, 4.69) is 0 Å². The van der Waals surface area contributed by atoms with Crippen LogP contribution in [-0.4, -0.2) is 40.7 Å². The van der Waals surface area contributed by atoms with Gasteiger partial charge >= 0.3 is 0 Å². The molecule has 84 valence electrons. The largest absolute Gasteiger partial charge is 0.387 e. The molecule has 0 aliphatic carbocycles. The monoisotopic (exact) mass is 207 g/mol. The fourth-order valence-electron chi connectivity index (χ4n) is 1.72. The molecule has 0 radical (unpaired) electrons. The predicted octanol–water partition coefficient (Wildman–Crippen LogP) is 1.88. The summed E-state index contributed by atoms with van der Waals surface area (Å²) in [5, 5.41) is 9.22. The van der Waals surface area contributed by atoms with Gasteiger partial charge in [0.05, 0.1) is 0 Å². The molecule has 1 rings (SSSR count). The van der Waals surface area contributed by atoms with Crippen LogP contribution >= 0.6 is 0 Å². The fourth-order valence-corrected chi connectivity index (χ4v) is 1.72. The van der Waals surface area contributed by atoms with Crippen LogP contribution in [0.1, 0.15) is 33.6 Å². The Balaban J connectivity index is 2.66. The number of hydrogen-bond acceptors (Lipinski definition) is 2. The average molecular weight is 207 g/mol. The molecular formula is C10H19F2NO. The lowest BCUT2D eigenvalue weighted by Gasteiger charge is -2.34. The molecule has 0 aromatic rings. The number of rotatable bonds is 0. The lowest BCUT2D eigenvalue weighted by atomic mass is 10.1. The summed E-state index contributed by atoms with van der Waals surface area (Å²) in [6.45, 7) is 6.91. The van der Waals surface area contributed by atoms with Crippen molar-refractivity contribution in [3.05, 3.63) is 0 Å². The zero-order valence-electron chi connectivity index (χ0n) is 9.06. The first-order valence-corrected chi connectivity index (χ1v) is 5.04. The topological polar surface area (TPSA) is 23.5 Å². The highest BCUT2D eigenvalue weighted by atomic mass is 19.3. The minimum absolute atomic E-state index is 0.0971. The number of hydrogen-bond donors (Lipinski definition) is 1. The van der Waals surface area contributed by atoms with Crippen LogP contribution in [0.15, 0.2) is 0 Å². The molecule has 1 atom stereocenters. The molecule has 1 aliphatic heterocycles. The van der Waals surface area contributed by atoms with Crippen LogP contribution in [0.4, 0.5) is 8.78 Å². The summed E-state index contributed by atoms with van der Waals surface area (Å²) >= 11 is 0. The molecule has 0 amide bonds. The molecule has 1 heterocycles. The molecule has 0 aromatic carbocycles. The van der Waals surface area contributed by atoms with Crippen LogP contribution in [0.25, 0.3) is 0 Å². The number of aliphatic hydroxyl groups is 1. The van der Waals surface area contributed by atoms with Crippen molar-refractivity contribution in [2.24, 2.45) is 0 Å². The normalized spacial score (nSPS) is 30.0. The third kappa shape index (κ3) is 2.64. The Bertz CT molecular complexity index is 201. The molecule has 4 heteroatoms. The van der Waals surface area contributed by atoms with E-state index in [4.69, 9.17) is 0 Å². The van der Waals surface area contributed by atoms with E-state index in [1.54, 1.807) is 0 Å². The zero-order valence-corrected chi connectivity index (χ0v) is 9.06. The number of likely N-dealkylation sites (tertiary alicyclic amines) is 1. The lowest BCUT2D eigenvalue weighted by molar-refractivity contribution is -0.108. The summed E-state index contributed by atoms with van der Waals surface area (Å²) in [4.78, 5) is 2.00. The smallest absolute Gasteiger partial charge is 0.274 e. The Morgan fingerprint density at radius 1 is 1.29 bits per heavy atom. The van der Waals surface area contributed by atoms with E-state index in [9.17, 15) is 13.9 Å². The van der Waals surface area contributed by atoms with E-state index in [0.29, 0.717) is 13.1 Å². The first kappa shape index (κ1) is 11.9. The van der Waals surface area contributed by atoms with Gasteiger partial charge in [-0.05, 0) is 27.2 Å². The van der Waals surface area contributed by atoms with Gasteiger partial charge in [0.15, 0.2) is 0 Å². The number of halogens is 2. The van der Waals surface area contributed by atoms with Crippen molar-refractivity contribution in [2.75, 3.05) is 13.1 Å². The number of alkyl halides is 2. The summed E-state index contributed by atoms with van der Waals surface area (Å²) in [6.07, 6.45) is -1.56. The van der Waals surface area contributed by atoms with Crippen LogP contribution in [0.2, 0.25) is 0 Å². The molecule has 0 aromatic heterocycles. The third-order valence-corrected chi connectivity index (χ3v) is 2.82. The molecule has 0 bridgehead atoms. The van der Waals surface area contributed by atoms with Crippen LogP contribution in [0.3, 0.4) is 0 Å². The summed E-state index contributed by atoms with van der Waals surface area (Å²) < 4.78 is 26.3. The Labute approximate surface area is 83.9 Å². The molecule has 0 saturated carbocycles. The van der Waals surface area contributed by atoms with Crippen molar-refractivity contribution in [1.29, 1.82) is 0 Å². The quantitative estimate of drug-likeness (QED) is 0.655. The van der Waals surface area contributed by atoms with Crippen molar-refractivity contribution in [2.45, 2.75) is 51.2 Å². The third-order valence-electron chi connectivity index (χ3n) is 2.82. The van der Waals surface area contributed by atoms with Gasteiger partial charge in [-0.1, -0.05) is 0 Å². The Morgan fingerprint density at radius 2 is 1.86 bits per heavy atom. The van der Waals surface area contributed by atoms with Crippen LogP contribution in [0, 0.1) is 0 Å². The minimum atomic E-state index is -2.92. The first-order chi connectivity index (χ1) is 6.23. The average Bonchev–Trinajstić information content (AvgIpc) is 2.11. The molecule has 0 unspecified atom stereocenters. The van der Waals surface area contributed by atoms with Gasteiger partial charge in [-0.3, -0.25) is 4.90 Å². The second-order valence-corrected chi connectivity index (χ2v) is 4.97. The summed E-state index contributed by atoms with van der Waals surface area (Å²) in [5.41, 5.74) is -0.0971. The Hall–Kier alpha value is -0.220. The highest BCUT2D eigenvalue weighted by molar-refractivity contribution is 4.87. The molecule has 1 saturated heterocycles. The van der Waals surface area contributed by atoms with Gasteiger partial charge in [0.2, 0.25) is 0 Å². The summed E-state index contributed by atoms with van der Waals surface area (Å²) in [6, 6.07) is 0. The van der Waals surface area contributed by atoms with Crippen molar-refractivity contribution >= 4 is 0 Å². The van der Waals surface area contributed by atoms with E-state index in [0.717, 1.165) is 0 Å². The van der Waals surface area contributed by atoms with Gasteiger partial charge in [-0.2, -0.15) is 0 Å². The van der Waals surface area contributed by atoms with Gasteiger partial charge in [-0.25, -0.2) is 8.78 Å². The number of aliphatic hydroxyl groups excluding tert-OH is 1. The number of nitrogens with zero attached hydrogens (tertiary/aromatic N) is 1. The lowest BCUT2D eigenvalue weighted by Crippen LogP contribution is -2.42. The maximum atomic E-state index is 13.1. The van der Waals surface area contributed by atoms with Crippen molar-refractivity contribution in [3.8, 4) is 0 Å². The van der Waals surface area contributed by atoms with E-state index in [1.165, 1.54) is 0 Å². The molecule has 2 nitrogen and oxygen atoms in total. The van der Waals surface area contributed by atoms with E-state index >= 15 is 0 Å². The summed E-state index contributed by atoms with van der Waals surface area (Å²) in [5.74, 6) is -2.92. The second kappa shape index (κ2) is 3.74. The Kier molecular flexibility index (Phi) is 3.17. The van der Waals surface area contributed by atoms with Gasteiger partial charge < -0.3 is 5.11 Å². The molecule has 1 fully saturated rings. The molecule has 0 spiro atoms. The molecular weight excluding hydrogens is 188 g/mol. The second-order valence-electron chi connectivity index (χ2n) is 4.97. The van der Waals surface area contributed by atoms with Gasteiger partial charge in [0.1, 0.15) is 6.10 Å². The Morgan fingerprint density at radius 3 is 2.36 bits per heavy atom. The van der Waals surface area contributed by atoms with E-state index < -0.39 is 12.0 Å². The maximum absolute atomic E-state index is 13.1. The SMILES string of the molecule is CC(C)(C)N1CC[C@@H](O)C(F)(F)CC1. The maximum Gasteiger partial charge on any atom is 0.274 e. The highest BCUT2D eigenvalue weighted by Crippen LogP contribution is 2.30. The van der Waals surface area contributed by atoms with Crippen molar-refractivity contribution < 1.29 is 13.9 Å².